The van der Waals surface area contributed by atoms with Gasteiger partial charge in [0.15, 0.2) is 6.10 Å². The molecule has 1 rings (SSSR count). The molecule has 98 valence electrons. The fourth-order valence-corrected chi connectivity index (χ4v) is 1.69. The summed E-state index contributed by atoms with van der Waals surface area (Å²) in [6, 6.07) is 9.95. The molecule has 4 nitrogen and oxygen atoms in total. The average molecular weight is 250 g/mol. The van der Waals surface area contributed by atoms with Gasteiger partial charge in [-0.05, 0) is 24.8 Å². The van der Waals surface area contributed by atoms with Gasteiger partial charge in [0.2, 0.25) is 0 Å². The van der Waals surface area contributed by atoms with Crippen molar-refractivity contribution in [1.29, 1.82) is 0 Å². The van der Waals surface area contributed by atoms with Crippen LogP contribution >= 0.6 is 0 Å². The Hall–Kier alpha value is -1.84. The van der Waals surface area contributed by atoms with E-state index in [2.05, 4.69) is 4.74 Å². The van der Waals surface area contributed by atoms with Crippen LogP contribution in [0, 0.1) is 0 Å². The van der Waals surface area contributed by atoms with Gasteiger partial charge in [-0.15, -0.1) is 0 Å². The van der Waals surface area contributed by atoms with Crippen molar-refractivity contribution in [3.8, 4) is 0 Å². The number of rotatable bonds is 6. The van der Waals surface area contributed by atoms with Crippen LogP contribution in [0.5, 0.6) is 0 Å². The number of benzene rings is 1. The summed E-state index contributed by atoms with van der Waals surface area (Å²) in [4.78, 5) is 22.3. The largest absolute Gasteiger partial charge is 0.466 e. The molecule has 0 N–H and O–H groups in total. The van der Waals surface area contributed by atoms with Gasteiger partial charge in [0.25, 0.3) is 0 Å². The molecule has 0 bridgehead atoms. The summed E-state index contributed by atoms with van der Waals surface area (Å²) in [5.41, 5.74) is 1.20. The predicted octanol–water partition coefficient (Wildman–Crippen LogP) is 2.11. The van der Waals surface area contributed by atoms with E-state index in [0.717, 1.165) is 12.8 Å². The molecule has 18 heavy (non-hydrogen) atoms. The fraction of sp³-hybridized carbons (Fsp3) is 0.429. The number of esters is 2. The van der Waals surface area contributed by atoms with Crippen LogP contribution < -0.4 is 0 Å². The van der Waals surface area contributed by atoms with Gasteiger partial charge in [-0.2, -0.15) is 0 Å². The van der Waals surface area contributed by atoms with Crippen LogP contribution in [0.3, 0.4) is 0 Å². The number of carbonyl (C=O) groups excluding carboxylic acids is 2. The quantitative estimate of drug-likeness (QED) is 0.726. The molecule has 0 radical (unpaired) electrons. The zero-order valence-corrected chi connectivity index (χ0v) is 10.7. The number of aryl methyl sites for hydroxylation is 1. The Morgan fingerprint density at radius 3 is 2.44 bits per heavy atom. The maximum atomic E-state index is 11.4. The smallest absolute Gasteiger partial charge is 0.347 e. The molecule has 0 aliphatic rings. The molecule has 1 unspecified atom stereocenters. The Morgan fingerprint density at radius 1 is 1.22 bits per heavy atom. The van der Waals surface area contributed by atoms with E-state index in [1.807, 2.05) is 30.3 Å². The molecular weight excluding hydrogens is 232 g/mol. The molecule has 1 aromatic rings. The summed E-state index contributed by atoms with van der Waals surface area (Å²) in [5.74, 6) is -0.969. The molecule has 0 saturated heterocycles. The first-order valence-electron chi connectivity index (χ1n) is 5.92. The van der Waals surface area contributed by atoms with E-state index in [4.69, 9.17) is 4.74 Å². The van der Waals surface area contributed by atoms with E-state index in [1.54, 1.807) is 0 Å². The maximum Gasteiger partial charge on any atom is 0.347 e. The van der Waals surface area contributed by atoms with Crippen molar-refractivity contribution < 1.29 is 19.1 Å². The van der Waals surface area contributed by atoms with Crippen LogP contribution in [0.15, 0.2) is 30.3 Å². The Balaban J connectivity index is 2.42. The normalized spacial score (nSPS) is 11.7. The van der Waals surface area contributed by atoms with E-state index in [1.165, 1.54) is 19.6 Å². The van der Waals surface area contributed by atoms with E-state index in [9.17, 15) is 9.59 Å². The van der Waals surface area contributed by atoms with Crippen LogP contribution in [-0.4, -0.2) is 25.2 Å². The second kappa shape index (κ2) is 7.48. The molecular formula is C14H18O4. The van der Waals surface area contributed by atoms with Crippen molar-refractivity contribution in [2.75, 3.05) is 7.11 Å². The number of ether oxygens (including phenoxy) is 2. The van der Waals surface area contributed by atoms with Crippen LogP contribution in [0.4, 0.5) is 0 Å². The molecule has 0 spiro atoms. The van der Waals surface area contributed by atoms with Gasteiger partial charge in [0, 0.05) is 6.92 Å². The molecule has 0 aliphatic carbocycles. The zero-order chi connectivity index (χ0) is 13.4. The van der Waals surface area contributed by atoms with Gasteiger partial charge in [-0.1, -0.05) is 30.3 Å². The second-order valence-corrected chi connectivity index (χ2v) is 4.00. The summed E-state index contributed by atoms with van der Waals surface area (Å²) < 4.78 is 9.53. The topological polar surface area (TPSA) is 52.6 Å². The lowest BCUT2D eigenvalue weighted by Crippen LogP contribution is -2.27. The number of carbonyl (C=O) groups is 2. The highest BCUT2D eigenvalue weighted by Gasteiger charge is 2.21. The van der Waals surface area contributed by atoms with Gasteiger partial charge in [0.05, 0.1) is 7.11 Å². The van der Waals surface area contributed by atoms with Crippen molar-refractivity contribution in [3.05, 3.63) is 35.9 Å². The Morgan fingerprint density at radius 2 is 1.89 bits per heavy atom. The van der Waals surface area contributed by atoms with Crippen molar-refractivity contribution in [3.63, 3.8) is 0 Å². The molecule has 0 amide bonds. The number of methoxy groups -OCH3 is 1. The molecule has 0 aromatic heterocycles. The van der Waals surface area contributed by atoms with E-state index < -0.39 is 18.0 Å². The van der Waals surface area contributed by atoms with Gasteiger partial charge in [-0.25, -0.2) is 4.79 Å². The van der Waals surface area contributed by atoms with Crippen LogP contribution in [0.25, 0.3) is 0 Å². The van der Waals surface area contributed by atoms with E-state index in [-0.39, 0.29) is 0 Å². The number of hydrogen-bond acceptors (Lipinski definition) is 4. The minimum atomic E-state index is -0.795. The SMILES string of the molecule is COC(=O)C(CCCc1ccccc1)OC(C)=O. The lowest BCUT2D eigenvalue weighted by Gasteiger charge is -2.14. The lowest BCUT2D eigenvalue weighted by atomic mass is 10.1. The van der Waals surface area contributed by atoms with Crippen LogP contribution in [0.1, 0.15) is 25.3 Å². The third kappa shape index (κ3) is 4.99. The molecule has 0 aliphatic heterocycles. The molecule has 4 heteroatoms. The third-order valence-corrected chi connectivity index (χ3v) is 2.55. The first-order valence-corrected chi connectivity index (χ1v) is 5.92. The van der Waals surface area contributed by atoms with Crippen molar-refractivity contribution >= 4 is 11.9 Å². The van der Waals surface area contributed by atoms with Gasteiger partial charge < -0.3 is 9.47 Å². The fourth-order valence-electron chi connectivity index (χ4n) is 1.69. The summed E-state index contributed by atoms with van der Waals surface area (Å²) in [7, 11) is 1.29. The first-order chi connectivity index (χ1) is 8.63. The first kappa shape index (κ1) is 14.2. The molecule has 0 fully saturated rings. The second-order valence-electron chi connectivity index (χ2n) is 4.00. The number of hydrogen-bond donors (Lipinski definition) is 0. The van der Waals surface area contributed by atoms with Crippen molar-refractivity contribution in [2.45, 2.75) is 32.3 Å². The minimum Gasteiger partial charge on any atom is -0.466 e. The minimum absolute atomic E-state index is 0.467. The Kier molecular flexibility index (Phi) is 5.91. The highest BCUT2D eigenvalue weighted by molar-refractivity contribution is 5.78. The highest BCUT2D eigenvalue weighted by Crippen LogP contribution is 2.10. The molecule has 0 saturated carbocycles. The van der Waals surface area contributed by atoms with Crippen molar-refractivity contribution in [2.24, 2.45) is 0 Å². The molecule has 1 aromatic carbocycles. The van der Waals surface area contributed by atoms with Crippen molar-refractivity contribution in [1.82, 2.24) is 0 Å². The third-order valence-electron chi connectivity index (χ3n) is 2.55. The Labute approximate surface area is 107 Å². The molecule has 1 atom stereocenters. The summed E-state index contributed by atoms with van der Waals surface area (Å²) in [6.07, 6.45) is 1.28. The van der Waals surface area contributed by atoms with Gasteiger partial charge in [0.1, 0.15) is 0 Å². The Bertz CT molecular complexity index is 386. The lowest BCUT2D eigenvalue weighted by molar-refractivity contribution is -0.165. The zero-order valence-electron chi connectivity index (χ0n) is 10.7. The summed E-state index contributed by atoms with van der Waals surface area (Å²) in [5, 5.41) is 0. The van der Waals surface area contributed by atoms with Crippen LogP contribution in [-0.2, 0) is 25.5 Å². The average Bonchev–Trinajstić information content (AvgIpc) is 2.37. The highest BCUT2D eigenvalue weighted by atomic mass is 16.6. The predicted molar refractivity (Wildman–Crippen MR) is 67.0 cm³/mol. The van der Waals surface area contributed by atoms with Gasteiger partial charge in [-0.3, -0.25) is 4.79 Å². The summed E-state index contributed by atoms with van der Waals surface area (Å²) in [6.45, 7) is 1.28. The van der Waals surface area contributed by atoms with Gasteiger partial charge >= 0.3 is 11.9 Å². The standard InChI is InChI=1S/C14H18O4/c1-11(15)18-13(14(16)17-2)10-6-9-12-7-4-3-5-8-12/h3-5,7-8,13H,6,9-10H2,1-2H3. The van der Waals surface area contributed by atoms with E-state index in [0.29, 0.717) is 6.42 Å². The van der Waals surface area contributed by atoms with Crippen LogP contribution in [0.2, 0.25) is 0 Å². The molecule has 0 heterocycles. The summed E-state index contributed by atoms with van der Waals surface area (Å²) >= 11 is 0. The van der Waals surface area contributed by atoms with E-state index >= 15 is 0 Å². The monoisotopic (exact) mass is 250 g/mol. The maximum absolute atomic E-state index is 11.4.